The number of carbonyl (C=O) groups is 1. The maximum Gasteiger partial charge on any atom is 0.262 e. The molecule has 10 heteroatoms. The highest BCUT2D eigenvalue weighted by molar-refractivity contribution is 7.92. The molecule has 0 unspecified atom stereocenters. The van der Waals surface area contributed by atoms with Crippen LogP contribution >= 0.6 is 0 Å². The second-order valence-electron chi connectivity index (χ2n) is 6.89. The molecule has 2 aromatic rings. The van der Waals surface area contributed by atoms with Gasteiger partial charge in [-0.3, -0.25) is 9.52 Å². The molecule has 1 heterocycles. The number of ether oxygens (including phenoxy) is 1. The minimum Gasteiger partial charge on any atom is -0.497 e. The van der Waals surface area contributed by atoms with E-state index in [2.05, 4.69) is 10.0 Å². The number of carbonyl (C=O) groups excluding carboxylic acids is 1. The predicted octanol–water partition coefficient (Wildman–Crippen LogP) is 1.72. The summed E-state index contributed by atoms with van der Waals surface area (Å²) in [4.78, 5) is 12.5. The third kappa shape index (κ3) is 5.07. The zero-order chi connectivity index (χ0) is 21.2. The summed E-state index contributed by atoms with van der Waals surface area (Å²) in [5, 5.41) is 2.66. The van der Waals surface area contributed by atoms with Crippen LogP contribution in [0.5, 0.6) is 5.75 Å². The van der Waals surface area contributed by atoms with Crippen LogP contribution in [0.3, 0.4) is 0 Å². The van der Waals surface area contributed by atoms with Crippen molar-refractivity contribution in [2.45, 2.75) is 24.3 Å². The molecule has 2 aromatic carbocycles. The lowest BCUT2D eigenvalue weighted by atomic mass is 10.1. The predicted molar refractivity (Wildman–Crippen MR) is 110 cm³/mol. The Kier molecular flexibility index (Phi) is 5.85. The standard InChI is InChI=1S/C19H22N2O6S2/c1-13-3-4-14(19(22)20-16-9-10-28(23,24)12-16)11-18(13)29(25,26)21-15-5-7-17(27-2)8-6-15/h3-8,11,16,21H,9-10,12H2,1-2H3,(H,20,22)/t16-/m0/s1. The number of benzene rings is 2. The van der Waals surface area contributed by atoms with E-state index in [1.807, 2.05) is 0 Å². The van der Waals surface area contributed by atoms with E-state index < -0.39 is 31.8 Å². The van der Waals surface area contributed by atoms with Gasteiger partial charge in [0.15, 0.2) is 9.84 Å². The van der Waals surface area contributed by atoms with Gasteiger partial charge in [0, 0.05) is 17.3 Å². The first-order chi connectivity index (χ1) is 13.6. The van der Waals surface area contributed by atoms with Crippen molar-refractivity contribution >= 4 is 31.5 Å². The summed E-state index contributed by atoms with van der Waals surface area (Å²) in [6.45, 7) is 1.63. The Morgan fingerprint density at radius 3 is 2.41 bits per heavy atom. The van der Waals surface area contributed by atoms with E-state index >= 15 is 0 Å². The van der Waals surface area contributed by atoms with Gasteiger partial charge in [0.25, 0.3) is 15.9 Å². The van der Waals surface area contributed by atoms with Crippen LogP contribution in [0.25, 0.3) is 0 Å². The molecule has 3 rings (SSSR count). The Balaban J connectivity index is 1.80. The van der Waals surface area contributed by atoms with Crippen LogP contribution in [-0.2, 0) is 19.9 Å². The number of methoxy groups -OCH3 is 1. The molecular formula is C19H22N2O6S2. The van der Waals surface area contributed by atoms with Gasteiger partial charge in [-0.15, -0.1) is 0 Å². The van der Waals surface area contributed by atoms with Crippen molar-refractivity contribution < 1.29 is 26.4 Å². The van der Waals surface area contributed by atoms with Gasteiger partial charge in [-0.2, -0.15) is 0 Å². The van der Waals surface area contributed by atoms with Crippen molar-refractivity contribution in [1.82, 2.24) is 5.32 Å². The molecule has 29 heavy (non-hydrogen) atoms. The van der Waals surface area contributed by atoms with E-state index in [9.17, 15) is 21.6 Å². The highest BCUT2D eigenvalue weighted by atomic mass is 32.2. The Labute approximate surface area is 170 Å². The molecule has 0 aliphatic carbocycles. The minimum atomic E-state index is -3.93. The molecule has 1 aliphatic rings. The highest BCUT2D eigenvalue weighted by Gasteiger charge is 2.29. The molecule has 1 saturated heterocycles. The molecule has 0 aromatic heterocycles. The fourth-order valence-electron chi connectivity index (χ4n) is 3.08. The van der Waals surface area contributed by atoms with Crippen LogP contribution in [0.1, 0.15) is 22.3 Å². The summed E-state index contributed by atoms with van der Waals surface area (Å²) in [5.41, 5.74) is 0.984. The Morgan fingerprint density at radius 2 is 1.83 bits per heavy atom. The molecule has 1 fully saturated rings. The van der Waals surface area contributed by atoms with Crippen LogP contribution in [0, 0.1) is 6.92 Å². The van der Waals surface area contributed by atoms with Gasteiger partial charge in [-0.25, -0.2) is 16.8 Å². The molecule has 156 valence electrons. The number of hydrogen-bond donors (Lipinski definition) is 2. The van der Waals surface area contributed by atoms with Crippen molar-refractivity contribution in [1.29, 1.82) is 0 Å². The van der Waals surface area contributed by atoms with E-state index in [4.69, 9.17) is 4.74 Å². The van der Waals surface area contributed by atoms with Crippen LogP contribution < -0.4 is 14.8 Å². The summed E-state index contributed by atoms with van der Waals surface area (Å²) >= 11 is 0. The zero-order valence-electron chi connectivity index (χ0n) is 16.0. The molecule has 1 aliphatic heterocycles. The first-order valence-electron chi connectivity index (χ1n) is 8.88. The van der Waals surface area contributed by atoms with Crippen LogP contribution in [0.15, 0.2) is 47.4 Å². The topological polar surface area (TPSA) is 119 Å². The summed E-state index contributed by atoms with van der Waals surface area (Å²) in [6.07, 6.45) is 0.351. The number of sulfone groups is 1. The number of sulfonamides is 1. The Hall–Kier alpha value is -2.59. The molecule has 0 saturated carbocycles. The van der Waals surface area contributed by atoms with Crippen molar-refractivity contribution in [2.24, 2.45) is 0 Å². The van der Waals surface area contributed by atoms with E-state index in [-0.39, 0.29) is 22.0 Å². The van der Waals surface area contributed by atoms with Gasteiger partial charge < -0.3 is 10.1 Å². The van der Waals surface area contributed by atoms with Crippen molar-refractivity contribution in [3.63, 3.8) is 0 Å². The molecule has 1 atom stereocenters. The number of anilines is 1. The summed E-state index contributed by atoms with van der Waals surface area (Å²) in [5.74, 6) is 0.0242. The van der Waals surface area contributed by atoms with Crippen molar-refractivity contribution in [2.75, 3.05) is 23.3 Å². The molecule has 8 nitrogen and oxygen atoms in total. The maximum absolute atomic E-state index is 12.8. The van der Waals surface area contributed by atoms with E-state index in [0.717, 1.165) is 0 Å². The number of nitrogens with one attached hydrogen (secondary N) is 2. The normalized spacial score (nSPS) is 18.2. The molecule has 2 N–H and O–H groups in total. The highest BCUT2D eigenvalue weighted by Crippen LogP contribution is 2.23. The fourth-order valence-corrected chi connectivity index (χ4v) is 6.08. The quantitative estimate of drug-likeness (QED) is 0.709. The van der Waals surface area contributed by atoms with Crippen LogP contribution in [0.2, 0.25) is 0 Å². The molecule has 0 bridgehead atoms. The minimum absolute atomic E-state index is 0.0278. The number of rotatable bonds is 6. The smallest absolute Gasteiger partial charge is 0.262 e. The zero-order valence-corrected chi connectivity index (χ0v) is 17.6. The van der Waals surface area contributed by atoms with Gasteiger partial charge in [-0.05, 0) is 55.3 Å². The van der Waals surface area contributed by atoms with E-state index in [1.54, 1.807) is 37.3 Å². The lowest BCUT2D eigenvalue weighted by Crippen LogP contribution is -2.35. The van der Waals surface area contributed by atoms with E-state index in [1.165, 1.54) is 19.2 Å². The monoisotopic (exact) mass is 438 g/mol. The van der Waals surface area contributed by atoms with Crippen molar-refractivity contribution in [3.05, 3.63) is 53.6 Å². The lowest BCUT2D eigenvalue weighted by Gasteiger charge is -2.14. The third-order valence-electron chi connectivity index (χ3n) is 4.65. The maximum atomic E-state index is 12.8. The van der Waals surface area contributed by atoms with Crippen molar-refractivity contribution in [3.8, 4) is 5.75 Å². The number of amides is 1. The largest absolute Gasteiger partial charge is 0.497 e. The molecule has 0 spiro atoms. The average molecular weight is 439 g/mol. The summed E-state index contributed by atoms with van der Waals surface area (Å²) < 4.78 is 56.3. The summed E-state index contributed by atoms with van der Waals surface area (Å²) in [7, 11) is -5.55. The van der Waals surface area contributed by atoms with Crippen LogP contribution in [-0.4, -0.2) is 47.4 Å². The van der Waals surface area contributed by atoms with Gasteiger partial charge in [-0.1, -0.05) is 6.07 Å². The van der Waals surface area contributed by atoms with Crippen LogP contribution in [0.4, 0.5) is 5.69 Å². The first kappa shape index (κ1) is 21.1. The van der Waals surface area contributed by atoms with Gasteiger partial charge >= 0.3 is 0 Å². The lowest BCUT2D eigenvalue weighted by molar-refractivity contribution is 0.0941. The molecule has 0 radical (unpaired) electrons. The van der Waals surface area contributed by atoms with Gasteiger partial charge in [0.2, 0.25) is 0 Å². The Morgan fingerprint density at radius 1 is 1.14 bits per heavy atom. The second-order valence-corrected chi connectivity index (χ2v) is 10.8. The molecular weight excluding hydrogens is 416 g/mol. The molecule has 1 amide bonds. The van der Waals surface area contributed by atoms with Gasteiger partial charge in [0.05, 0.1) is 23.5 Å². The summed E-state index contributed by atoms with van der Waals surface area (Å²) in [6, 6.07) is 10.3. The number of aryl methyl sites for hydroxylation is 1. The van der Waals surface area contributed by atoms with E-state index in [0.29, 0.717) is 23.4 Å². The van der Waals surface area contributed by atoms with Gasteiger partial charge in [0.1, 0.15) is 5.75 Å². The number of hydrogen-bond acceptors (Lipinski definition) is 6. The average Bonchev–Trinajstić information content (AvgIpc) is 3.00. The second kappa shape index (κ2) is 8.03. The third-order valence-corrected chi connectivity index (χ3v) is 7.94. The SMILES string of the molecule is COc1ccc(NS(=O)(=O)c2cc(C(=O)N[C@H]3CCS(=O)(=O)C3)ccc2C)cc1. The first-order valence-corrected chi connectivity index (χ1v) is 12.2. The fraction of sp³-hybridized carbons (Fsp3) is 0.316. The Bertz CT molecular complexity index is 1130.